The summed E-state index contributed by atoms with van der Waals surface area (Å²) in [5, 5.41) is 11.9. The van der Waals surface area contributed by atoms with Crippen molar-refractivity contribution in [3.63, 3.8) is 0 Å². The molecule has 0 radical (unpaired) electrons. The van der Waals surface area contributed by atoms with E-state index in [0.29, 0.717) is 0 Å². The molecule has 1 aromatic heterocycles. The summed E-state index contributed by atoms with van der Waals surface area (Å²) >= 11 is 0. The predicted molar refractivity (Wildman–Crippen MR) is 75.3 cm³/mol. The summed E-state index contributed by atoms with van der Waals surface area (Å²) in [5.74, 6) is 0.723. The number of aromatic nitrogens is 4. The molecule has 1 fully saturated rings. The molecule has 3 rings (SSSR count). The smallest absolute Gasteiger partial charge is 0.181 e. The first kappa shape index (κ1) is 12.8. The minimum absolute atomic E-state index is 0.723. The van der Waals surface area contributed by atoms with Crippen molar-refractivity contribution in [3.05, 3.63) is 41.9 Å². The molecule has 6 nitrogen and oxygen atoms in total. The van der Waals surface area contributed by atoms with Crippen LogP contribution in [-0.2, 0) is 4.74 Å². The van der Waals surface area contributed by atoms with Gasteiger partial charge in [-0.1, -0.05) is 17.7 Å². The van der Waals surface area contributed by atoms with Crippen molar-refractivity contribution in [2.24, 2.45) is 0 Å². The number of nitrogens with zero attached hydrogens (tertiary/aromatic N) is 5. The lowest BCUT2D eigenvalue weighted by Crippen LogP contribution is -2.31. The highest BCUT2D eigenvalue weighted by molar-refractivity contribution is 5.44. The van der Waals surface area contributed by atoms with Crippen molar-refractivity contribution >= 4 is 6.08 Å². The van der Waals surface area contributed by atoms with Crippen LogP contribution in [0.4, 0.5) is 0 Å². The molecule has 1 aliphatic heterocycles. The third-order valence-corrected chi connectivity index (χ3v) is 3.25. The summed E-state index contributed by atoms with van der Waals surface area (Å²) in [4.78, 5) is 2.21. The van der Waals surface area contributed by atoms with Crippen LogP contribution >= 0.6 is 0 Å². The maximum absolute atomic E-state index is 5.32. The van der Waals surface area contributed by atoms with Gasteiger partial charge in [0.05, 0.1) is 18.9 Å². The second kappa shape index (κ2) is 5.83. The Hall–Kier alpha value is -2.21. The van der Waals surface area contributed by atoms with Gasteiger partial charge in [-0.2, -0.15) is 4.68 Å². The Morgan fingerprint density at radius 2 is 1.90 bits per heavy atom. The molecule has 0 N–H and O–H groups in total. The average Bonchev–Trinajstić information content (AvgIpc) is 2.95. The Kier molecular flexibility index (Phi) is 3.73. The van der Waals surface area contributed by atoms with Gasteiger partial charge in [0.25, 0.3) is 0 Å². The molecule has 1 aliphatic rings. The second-order valence-corrected chi connectivity index (χ2v) is 4.75. The molecular formula is C14H17N5O. The fourth-order valence-corrected chi connectivity index (χ4v) is 2.07. The van der Waals surface area contributed by atoms with Crippen molar-refractivity contribution in [1.82, 2.24) is 25.1 Å². The number of hydrogen-bond donors (Lipinski definition) is 0. The lowest BCUT2D eigenvalue weighted by Gasteiger charge is -2.24. The molecule has 1 saturated heterocycles. The fourth-order valence-electron chi connectivity index (χ4n) is 2.07. The van der Waals surface area contributed by atoms with Crippen LogP contribution < -0.4 is 0 Å². The molecule has 0 bridgehead atoms. The Balaban J connectivity index is 1.79. The van der Waals surface area contributed by atoms with Gasteiger partial charge in [-0.05, 0) is 29.5 Å². The number of benzene rings is 1. The summed E-state index contributed by atoms with van der Waals surface area (Å²) in [6.07, 6.45) is 3.96. The van der Waals surface area contributed by atoms with Gasteiger partial charge in [-0.15, -0.1) is 5.10 Å². The highest BCUT2D eigenvalue weighted by atomic mass is 16.5. The van der Waals surface area contributed by atoms with Gasteiger partial charge in [0.2, 0.25) is 0 Å². The number of hydrogen-bond acceptors (Lipinski definition) is 5. The topological polar surface area (TPSA) is 56.1 Å². The molecule has 6 heteroatoms. The molecule has 0 spiro atoms. The fraction of sp³-hybridized carbons (Fsp3) is 0.357. The van der Waals surface area contributed by atoms with E-state index in [1.165, 1.54) is 5.56 Å². The number of aryl methyl sites for hydroxylation is 1. The Morgan fingerprint density at radius 1 is 1.15 bits per heavy atom. The highest BCUT2D eigenvalue weighted by Gasteiger charge is 2.08. The molecular weight excluding hydrogens is 254 g/mol. The van der Waals surface area contributed by atoms with E-state index in [4.69, 9.17) is 4.74 Å². The molecule has 0 unspecified atom stereocenters. The normalized spacial score (nSPS) is 15.9. The summed E-state index contributed by atoms with van der Waals surface area (Å²) in [6.45, 7) is 5.41. The maximum Gasteiger partial charge on any atom is 0.181 e. The van der Waals surface area contributed by atoms with Crippen LogP contribution in [0.2, 0.25) is 0 Å². The summed E-state index contributed by atoms with van der Waals surface area (Å²) < 4.78 is 7.05. The molecule has 0 atom stereocenters. The minimum atomic E-state index is 0.723. The van der Waals surface area contributed by atoms with Gasteiger partial charge in [0, 0.05) is 25.4 Å². The molecule has 0 aliphatic carbocycles. The number of rotatable bonds is 3. The first-order chi connectivity index (χ1) is 9.83. The SMILES string of the molecule is Cc1ccc(-n2nnnc2C=CN2CCOCC2)cc1. The third-order valence-electron chi connectivity index (χ3n) is 3.25. The van der Waals surface area contributed by atoms with E-state index in [-0.39, 0.29) is 0 Å². The first-order valence-corrected chi connectivity index (χ1v) is 6.68. The number of morpholine rings is 1. The third kappa shape index (κ3) is 2.85. The van der Waals surface area contributed by atoms with Gasteiger partial charge in [-0.25, -0.2) is 0 Å². The predicted octanol–water partition coefficient (Wildman–Crippen LogP) is 1.27. The standard InChI is InChI=1S/C14H17N5O/c1-12-2-4-13(5-3-12)19-14(15-16-17-19)6-7-18-8-10-20-11-9-18/h2-7H,8-11H2,1H3. The summed E-state index contributed by atoms with van der Waals surface area (Å²) in [6, 6.07) is 8.12. The van der Waals surface area contributed by atoms with E-state index in [1.54, 1.807) is 4.68 Å². The van der Waals surface area contributed by atoms with Crippen molar-refractivity contribution in [1.29, 1.82) is 0 Å². The van der Waals surface area contributed by atoms with Crippen LogP contribution in [0.15, 0.2) is 30.5 Å². The molecule has 1 aromatic carbocycles. The van der Waals surface area contributed by atoms with Crippen molar-refractivity contribution in [2.45, 2.75) is 6.92 Å². The lowest BCUT2D eigenvalue weighted by atomic mass is 10.2. The Bertz CT molecular complexity index is 584. The monoisotopic (exact) mass is 271 g/mol. The zero-order valence-electron chi connectivity index (χ0n) is 11.4. The van der Waals surface area contributed by atoms with Gasteiger partial charge in [-0.3, -0.25) is 0 Å². The number of ether oxygens (including phenoxy) is 1. The molecule has 0 saturated carbocycles. The molecule has 20 heavy (non-hydrogen) atoms. The van der Waals surface area contributed by atoms with Crippen LogP contribution in [0.5, 0.6) is 0 Å². The summed E-state index contributed by atoms with van der Waals surface area (Å²) in [5.41, 5.74) is 2.18. The average molecular weight is 271 g/mol. The van der Waals surface area contributed by atoms with Crippen molar-refractivity contribution in [2.75, 3.05) is 26.3 Å². The van der Waals surface area contributed by atoms with Gasteiger partial charge < -0.3 is 9.64 Å². The van der Waals surface area contributed by atoms with E-state index in [9.17, 15) is 0 Å². The van der Waals surface area contributed by atoms with Gasteiger partial charge >= 0.3 is 0 Å². The van der Waals surface area contributed by atoms with Crippen LogP contribution in [-0.4, -0.2) is 51.4 Å². The van der Waals surface area contributed by atoms with Crippen LogP contribution in [0.1, 0.15) is 11.4 Å². The van der Waals surface area contributed by atoms with Crippen LogP contribution in [0.3, 0.4) is 0 Å². The van der Waals surface area contributed by atoms with E-state index in [1.807, 2.05) is 36.5 Å². The quantitative estimate of drug-likeness (QED) is 0.841. The minimum Gasteiger partial charge on any atom is -0.378 e. The Morgan fingerprint density at radius 3 is 2.65 bits per heavy atom. The molecule has 2 aromatic rings. The lowest BCUT2D eigenvalue weighted by molar-refractivity contribution is 0.0597. The van der Waals surface area contributed by atoms with E-state index < -0.39 is 0 Å². The second-order valence-electron chi connectivity index (χ2n) is 4.75. The first-order valence-electron chi connectivity index (χ1n) is 6.68. The largest absolute Gasteiger partial charge is 0.378 e. The van der Waals surface area contributed by atoms with Crippen LogP contribution in [0.25, 0.3) is 11.8 Å². The van der Waals surface area contributed by atoms with Crippen LogP contribution in [0, 0.1) is 6.92 Å². The molecule has 0 amide bonds. The number of tetrazole rings is 1. The Labute approximate surface area is 117 Å². The van der Waals surface area contributed by atoms with Crippen molar-refractivity contribution < 1.29 is 4.74 Å². The van der Waals surface area contributed by atoms with Gasteiger partial charge in [0.1, 0.15) is 0 Å². The van der Waals surface area contributed by atoms with Crippen molar-refractivity contribution in [3.8, 4) is 5.69 Å². The molecule has 104 valence electrons. The van der Waals surface area contributed by atoms with E-state index in [0.717, 1.165) is 37.8 Å². The van der Waals surface area contributed by atoms with E-state index in [2.05, 4.69) is 27.3 Å². The zero-order chi connectivity index (χ0) is 13.8. The highest BCUT2D eigenvalue weighted by Crippen LogP contribution is 2.10. The van der Waals surface area contributed by atoms with Gasteiger partial charge in [0.15, 0.2) is 5.82 Å². The zero-order valence-corrected chi connectivity index (χ0v) is 11.4. The maximum atomic E-state index is 5.32. The summed E-state index contributed by atoms with van der Waals surface area (Å²) in [7, 11) is 0. The van der Waals surface area contributed by atoms with E-state index >= 15 is 0 Å². The molecule has 2 heterocycles.